The molecule has 1 heterocycles. The van der Waals surface area contributed by atoms with Crippen molar-refractivity contribution in [3.05, 3.63) is 0 Å². The van der Waals surface area contributed by atoms with Crippen LogP contribution in [0.1, 0.15) is 54.4 Å². The summed E-state index contributed by atoms with van der Waals surface area (Å²) in [4.78, 5) is 27.8. The molecule has 0 aromatic rings. The number of rotatable bonds is 4. The standard InChI is InChI=1S/C15H28N2O3/c1-7-17(14(2,3)4)15(5,6)13(20)16-10-8-9-11(16)12(18)19/h11H,7-10H2,1-6H3,(H,18,19). The van der Waals surface area contributed by atoms with Crippen LogP contribution in [0.2, 0.25) is 0 Å². The predicted octanol–water partition coefficient (Wildman–Crippen LogP) is 1.96. The highest BCUT2D eigenvalue weighted by Crippen LogP contribution is 2.29. The first kappa shape index (κ1) is 17.0. The molecule has 1 unspecified atom stereocenters. The van der Waals surface area contributed by atoms with E-state index in [-0.39, 0.29) is 11.4 Å². The fraction of sp³-hybridized carbons (Fsp3) is 0.867. The maximum atomic E-state index is 12.8. The molecule has 0 aliphatic carbocycles. The molecule has 1 saturated heterocycles. The molecule has 1 rings (SSSR count). The van der Waals surface area contributed by atoms with Gasteiger partial charge in [0, 0.05) is 12.1 Å². The monoisotopic (exact) mass is 284 g/mol. The van der Waals surface area contributed by atoms with Crippen molar-refractivity contribution in [3.63, 3.8) is 0 Å². The Kier molecular flexibility index (Phi) is 4.85. The first-order valence-corrected chi connectivity index (χ1v) is 7.35. The fourth-order valence-corrected chi connectivity index (χ4v) is 3.44. The first-order valence-electron chi connectivity index (χ1n) is 7.35. The zero-order valence-corrected chi connectivity index (χ0v) is 13.6. The van der Waals surface area contributed by atoms with Crippen molar-refractivity contribution in [2.45, 2.75) is 71.5 Å². The summed E-state index contributed by atoms with van der Waals surface area (Å²) < 4.78 is 0. The summed E-state index contributed by atoms with van der Waals surface area (Å²) in [5, 5.41) is 9.25. The smallest absolute Gasteiger partial charge is 0.326 e. The van der Waals surface area contributed by atoms with Crippen molar-refractivity contribution in [2.75, 3.05) is 13.1 Å². The van der Waals surface area contributed by atoms with Crippen molar-refractivity contribution in [1.82, 2.24) is 9.80 Å². The number of amides is 1. The summed E-state index contributed by atoms with van der Waals surface area (Å²) in [5.41, 5.74) is -0.850. The minimum absolute atomic E-state index is 0.0841. The average Bonchev–Trinajstić information content (AvgIpc) is 2.74. The van der Waals surface area contributed by atoms with Crippen LogP contribution in [0.4, 0.5) is 0 Å². The highest BCUT2D eigenvalue weighted by Gasteiger charge is 2.45. The molecule has 20 heavy (non-hydrogen) atoms. The number of hydrogen-bond donors (Lipinski definition) is 1. The Morgan fingerprint density at radius 1 is 1.25 bits per heavy atom. The third-order valence-electron chi connectivity index (χ3n) is 4.12. The fourth-order valence-electron chi connectivity index (χ4n) is 3.44. The third kappa shape index (κ3) is 3.14. The van der Waals surface area contributed by atoms with Crippen LogP contribution >= 0.6 is 0 Å². The van der Waals surface area contributed by atoms with E-state index in [1.165, 1.54) is 4.90 Å². The molecule has 1 atom stereocenters. The van der Waals surface area contributed by atoms with E-state index >= 15 is 0 Å². The molecule has 1 N–H and O–H groups in total. The molecule has 0 radical (unpaired) electrons. The Hall–Kier alpha value is -1.10. The van der Waals surface area contributed by atoms with E-state index in [1.54, 1.807) is 0 Å². The van der Waals surface area contributed by atoms with Gasteiger partial charge in [0.05, 0.1) is 5.54 Å². The van der Waals surface area contributed by atoms with Gasteiger partial charge in [0.15, 0.2) is 0 Å². The molecule has 0 bridgehead atoms. The number of nitrogens with zero attached hydrogens (tertiary/aromatic N) is 2. The van der Waals surface area contributed by atoms with Gasteiger partial charge in [-0.2, -0.15) is 0 Å². The van der Waals surface area contributed by atoms with E-state index in [0.29, 0.717) is 13.0 Å². The molecule has 0 saturated carbocycles. The van der Waals surface area contributed by atoms with Crippen molar-refractivity contribution >= 4 is 11.9 Å². The lowest BCUT2D eigenvalue weighted by molar-refractivity contribution is -0.155. The predicted molar refractivity (Wildman–Crippen MR) is 78.6 cm³/mol. The van der Waals surface area contributed by atoms with E-state index in [0.717, 1.165) is 13.0 Å². The largest absolute Gasteiger partial charge is 0.480 e. The molecule has 5 heteroatoms. The summed E-state index contributed by atoms with van der Waals surface area (Å²) in [6, 6.07) is -0.666. The molecule has 1 aliphatic rings. The second-order valence-electron chi connectivity index (χ2n) is 6.97. The Balaban J connectivity index is 3.02. The maximum absolute atomic E-state index is 12.8. The van der Waals surface area contributed by atoms with Crippen LogP contribution in [-0.4, -0.2) is 57.0 Å². The summed E-state index contributed by atoms with van der Waals surface area (Å²) in [6.45, 7) is 13.3. The summed E-state index contributed by atoms with van der Waals surface area (Å²) in [6.07, 6.45) is 1.32. The van der Waals surface area contributed by atoms with E-state index < -0.39 is 17.6 Å². The molecule has 1 aliphatic heterocycles. The van der Waals surface area contributed by atoms with Crippen molar-refractivity contribution in [2.24, 2.45) is 0 Å². The minimum Gasteiger partial charge on any atom is -0.480 e. The van der Waals surface area contributed by atoms with Crippen molar-refractivity contribution in [1.29, 1.82) is 0 Å². The van der Waals surface area contributed by atoms with E-state index in [9.17, 15) is 14.7 Å². The molecule has 0 spiro atoms. The van der Waals surface area contributed by atoms with Crippen LogP contribution < -0.4 is 0 Å². The number of likely N-dealkylation sites (tertiary alicyclic amines) is 1. The number of carboxylic acids is 1. The van der Waals surface area contributed by atoms with Gasteiger partial charge in [0.1, 0.15) is 6.04 Å². The number of carbonyl (C=O) groups excluding carboxylic acids is 1. The van der Waals surface area contributed by atoms with Crippen LogP contribution in [0.15, 0.2) is 0 Å². The second kappa shape index (κ2) is 5.72. The molecular weight excluding hydrogens is 256 g/mol. The van der Waals surface area contributed by atoms with Gasteiger partial charge in [-0.3, -0.25) is 9.69 Å². The highest BCUT2D eigenvalue weighted by molar-refractivity contribution is 5.90. The van der Waals surface area contributed by atoms with Gasteiger partial charge in [-0.25, -0.2) is 4.79 Å². The number of aliphatic carboxylic acids is 1. The zero-order valence-electron chi connectivity index (χ0n) is 13.6. The zero-order chi connectivity index (χ0) is 15.7. The lowest BCUT2D eigenvalue weighted by atomic mass is 9.92. The van der Waals surface area contributed by atoms with E-state index in [2.05, 4.69) is 25.7 Å². The van der Waals surface area contributed by atoms with Crippen LogP contribution in [0.3, 0.4) is 0 Å². The van der Waals surface area contributed by atoms with Crippen LogP contribution in [0.25, 0.3) is 0 Å². The average molecular weight is 284 g/mol. The van der Waals surface area contributed by atoms with Crippen LogP contribution in [0, 0.1) is 0 Å². The second-order valence-corrected chi connectivity index (χ2v) is 6.97. The Morgan fingerprint density at radius 3 is 2.20 bits per heavy atom. The molecule has 5 nitrogen and oxygen atoms in total. The van der Waals surface area contributed by atoms with Crippen LogP contribution in [0.5, 0.6) is 0 Å². The van der Waals surface area contributed by atoms with Crippen molar-refractivity contribution in [3.8, 4) is 0 Å². The van der Waals surface area contributed by atoms with Gasteiger partial charge in [-0.1, -0.05) is 6.92 Å². The maximum Gasteiger partial charge on any atom is 0.326 e. The third-order valence-corrected chi connectivity index (χ3v) is 4.12. The number of hydrogen-bond acceptors (Lipinski definition) is 3. The molecule has 0 aromatic heterocycles. The van der Waals surface area contributed by atoms with Gasteiger partial charge in [0.2, 0.25) is 5.91 Å². The quantitative estimate of drug-likeness (QED) is 0.857. The normalized spacial score (nSPS) is 20.6. The topological polar surface area (TPSA) is 60.9 Å². The SMILES string of the molecule is CCN(C(C)(C)C)C(C)(C)C(=O)N1CCCC1C(=O)O. The van der Waals surface area contributed by atoms with E-state index in [4.69, 9.17) is 0 Å². The lowest BCUT2D eigenvalue weighted by Gasteiger charge is -2.47. The molecule has 1 amide bonds. The Morgan fingerprint density at radius 2 is 1.80 bits per heavy atom. The van der Waals surface area contributed by atoms with Gasteiger partial charge in [-0.05, 0) is 54.0 Å². The highest BCUT2D eigenvalue weighted by atomic mass is 16.4. The summed E-state index contributed by atoms with van der Waals surface area (Å²) in [5.74, 6) is -0.982. The number of carboxylic acid groups (broad SMARTS) is 1. The molecule has 0 aromatic carbocycles. The van der Waals surface area contributed by atoms with Gasteiger partial charge in [0.25, 0.3) is 0 Å². The molecular formula is C15H28N2O3. The summed E-state index contributed by atoms with van der Waals surface area (Å²) in [7, 11) is 0. The molecule has 1 fully saturated rings. The minimum atomic E-state index is -0.898. The number of likely N-dealkylation sites (N-methyl/N-ethyl adjacent to an activating group) is 1. The Labute approximate surface area is 121 Å². The van der Waals surface area contributed by atoms with Gasteiger partial charge in [-0.15, -0.1) is 0 Å². The van der Waals surface area contributed by atoms with Crippen LogP contribution in [-0.2, 0) is 9.59 Å². The van der Waals surface area contributed by atoms with E-state index in [1.807, 2.05) is 20.8 Å². The van der Waals surface area contributed by atoms with Gasteiger partial charge >= 0.3 is 5.97 Å². The first-order chi connectivity index (χ1) is 9.03. The molecule has 116 valence electrons. The van der Waals surface area contributed by atoms with Crippen molar-refractivity contribution < 1.29 is 14.7 Å². The lowest BCUT2D eigenvalue weighted by Crippen LogP contribution is -2.62. The Bertz CT molecular complexity index is 385. The van der Waals surface area contributed by atoms with Gasteiger partial charge < -0.3 is 10.0 Å². The summed E-state index contributed by atoms with van der Waals surface area (Å²) >= 11 is 0. The number of carbonyl (C=O) groups is 2.